The van der Waals surface area contributed by atoms with Crippen LogP contribution in [-0.2, 0) is 21.1 Å². The van der Waals surface area contributed by atoms with Gasteiger partial charge in [0.2, 0.25) is 0 Å². The maximum atomic E-state index is 12.3. The molecule has 0 fully saturated rings. The van der Waals surface area contributed by atoms with Gasteiger partial charge in [-0.25, -0.2) is 0 Å². The third kappa shape index (κ3) is 6.53. The Morgan fingerprint density at radius 3 is 1.28 bits per heavy atom. The van der Waals surface area contributed by atoms with Gasteiger partial charge in [0.05, 0.1) is 0 Å². The summed E-state index contributed by atoms with van der Waals surface area (Å²) in [5.41, 5.74) is 0.837. The zero-order chi connectivity index (χ0) is 20.3. The molecule has 0 aliphatic heterocycles. The van der Waals surface area contributed by atoms with Gasteiger partial charge < -0.3 is 0 Å². The van der Waals surface area contributed by atoms with Crippen molar-refractivity contribution < 1.29 is 25.5 Å². The van der Waals surface area contributed by atoms with Crippen molar-refractivity contribution in [3.8, 4) is 10.1 Å². The minimum Gasteiger partial charge on any atom is -0.0622 e. The first-order valence-electron chi connectivity index (χ1n) is 9.06. The molecular weight excluding hydrogens is 559 g/mol. The van der Waals surface area contributed by atoms with Crippen LogP contribution < -0.4 is 15.9 Å². The number of benzene rings is 4. The summed E-state index contributed by atoms with van der Waals surface area (Å²) < 4.78 is 15.0. The molecule has 0 N–H and O–H groups in total. The quantitative estimate of drug-likeness (QED) is 0.180. The van der Waals surface area contributed by atoms with Crippen molar-refractivity contribution in [3.63, 3.8) is 0 Å². The Bertz CT molecular complexity index is 960. The van der Waals surface area contributed by atoms with E-state index in [9.17, 15) is 4.39 Å². The van der Waals surface area contributed by atoms with Gasteiger partial charge in [-0.15, -0.1) is 0 Å². The van der Waals surface area contributed by atoms with Gasteiger partial charge in [-0.05, 0) is 23.8 Å². The fourth-order valence-corrected chi connectivity index (χ4v) is 5.37. The maximum absolute atomic E-state index is 12.3. The normalized spacial score (nSPS) is 9.79. The van der Waals surface area contributed by atoms with E-state index in [2.05, 4.69) is 122 Å². The summed E-state index contributed by atoms with van der Waals surface area (Å²) >= 11 is 2.11. The number of hydrogen-bond acceptors (Lipinski definition) is 0. The van der Waals surface area contributed by atoms with Crippen LogP contribution >= 0.6 is 7.92 Å². The van der Waals surface area contributed by atoms with E-state index < -0.39 is 7.92 Å². The summed E-state index contributed by atoms with van der Waals surface area (Å²) in [6.45, 7) is 0. The molecule has 0 radical (unpaired) electrons. The summed E-state index contributed by atoms with van der Waals surface area (Å²) in [5.74, 6) is 2.57. The van der Waals surface area contributed by atoms with E-state index in [0.29, 0.717) is 0 Å². The molecule has 146 valence electrons. The van der Waals surface area contributed by atoms with Crippen molar-refractivity contribution in [1.29, 1.82) is 0 Å². The minimum absolute atomic E-state index is 0.225. The van der Waals surface area contributed by atoms with Crippen LogP contribution in [-0.4, -0.2) is 0 Å². The predicted octanol–water partition coefficient (Wildman–Crippen LogP) is 5.13. The van der Waals surface area contributed by atoms with Crippen molar-refractivity contribution >= 4 is 23.8 Å². The molecule has 0 aliphatic carbocycles. The number of hydrogen-bond donors (Lipinski definition) is 0. The van der Waals surface area contributed by atoms with Crippen LogP contribution in [0.25, 0.3) is 0 Å². The number of rotatable bonds is 3. The van der Waals surface area contributed by atoms with E-state index in [0.717, 1.165) is 5.56 Å². The third-order valence-corrected chi connectivity index (χ3v) is 6.78. The number of halogens is 1. The molecular formula is C26H19AuFP. The van der Waals surface area contributed by atoms with Crippen LogP contribution in [0.3, 0.4) is 0 Å². The second-order valence-corrected chi connectivity index (χ2v) is 8.81. The van der Waals surface area contributed by atoms with E-state index in [1.165, 1.54) is 28.0 Å². The van der Waals surface area contributed by atoms with Gasteiger partial charge in [-0.1, -0.05) is 91.0 Å². The molecule has 0 aromatic heterocycles. The van der Waals surface area contributed by atoms with Crippen LogP contribution in [0.2, 0.25) is 0 Å². The van der Waals surface area contributed by atoms with Gasteiger partial charge in [0.15, 0.2) is 0 Å². The van der Waals surface area contributed by atoms with Gasteiger partial charge >= 0.3 is 71.2 Å². The first-order valence-corrected chi connectivity index (χ1v) is 11.5. The molecule has 4 aromatic carbocycles. The maximum Gasteiger partial charge on any atom is -0.0134 e. The first kappa shape index (κ1) is 21.3. The third-order valence-electron chi connectivity index (χ3n) is 4.07. The molecule has 0 saturated carbocycles. The van der Waals surface area contributed by atoms with Crippen molar-refractivity contribution in [2.75, 3.05) is 0 Å². The SMILES string of the molecule is Fc1ccc(C#[C][Au])cc1.c1ccc(P(c2ccccc2)c2ccccc2)cc1. The fourth-order valence-electron chi connectivity index (χ4n) is 2.76. The average molecular weight is 578 g/mol. The molecule has 0 amide bonds. The topological polar surface area (TPSA) is 0 Å². The Balaban J connectivity index is 0.000000204. The molecule has 0 atom stereocenters. The Kier molecular flexibility index (Phi) is 8.44. The zero-order valence-corrected chi connectivity index (χ0v) is 18.7. The van der Waals surface area contributed by atoms with Gasteiger partial charge in [0, 0.05) is 0 Å². The van der Waals surface area contributed by atoms with Crippen LogP contribution in [0, 0.1) is 15.9 Å². The van der Waals surface area contributed by atoms with Gasteiger partial charge in [-0.2, -0.15) is 0 Å². The Morgan fingerprint density at radius 2 is 0.931 bits per heavy atom. The summed E-state index contributed by atoms with van der Waals surface area (Å²) in [4.78, 5) is 0. The van der Waals surface area contributed by atoms with Crippen LogP contribution in [0.15, 0.2) is 115 Å². The van der Waals surface area contributed by atoms with E-state index in [1.54, 1.807) is 12.1 Å². The molecule has 3 heteroatoms. The molecule has 0 saturated heterocycles. The first-order chi connectivity index (χ1) is 14.3. The largest absolute Gasteiger partial charge is 0.0622 e. The predicted molar refractivity (Wildman–Crippen MR) is 118 cm³/mol. The molecule has 0 bridgehead atoms. The molecule has 0 heterocycles. The summed E-state index contributed by atoms with van der Waals surface area (Å²) in [6.07, 6.45) is 0. The van der Waals surface area contributed by atoms with E-state index in [1.807, 2.05) is 0 Å². The average Bonchev–Trinajstić information content (AvgIpc) is 2.79. The van der Waals surface area contributed by atoms with Crippen LogP contribution in [0.4, 0.5) is 4.39 Å². The molecule has 4 aromatic rings. The summed E-state index contributed by atoms with van der Waals surface area (Å²) in [7, 11) is -0.446. The molecule has 0 spiro atoms. The summed E-state index contributed by atoms with van der Waals surface area (Å²) in [5, 5.41) is 4.19. The van der Waals surface area contributed by atoms with Crippen molar-refractivity contribution in [2.45, 2.75) is 0 Å². The Morgan fingerprint density at radius 1 is 0.552 bits per heavy atom. The molecule has 0 unspecified atom stereocenters. The minimum atomic E-state index is -0.446. The molecule has 0 nitrogen and oxygen atoms in total. The fraction of sp³-hybridized carbons (Fsp3) is 0. The van der Waals surface area contributed by atoms with E-state index >= 15 is 0 Å². The second kappa shape index (κ2) is 11.5. The van der Waals surface area contributed by atoms with Gasteiger partial charge in [0.1, 0.15) is 0 Å². The monoisotopic (exact) mass is 578 g/mol. The molecule has 0 aliphatic rings. The van der Waals surface area contributed by atoms with Gasteiger partial charge in [-0.3, -0.25) is 0 Å². The zero-order valence-electron chi connectivity index (χ0n) is 15.6. The smallest absolute Gasteiger partial charge is 0.0134 e. The van der Waals surface area contributed by atoms with Crippen molar-refractivity contribution in [2.24, 2.45) is 0 Å². The Hall–Kier alpha value is -2.46. The van der Waals surface area contributed by atoms with Crippen molar-refractivity contribution in [1.82, 2.24) is 0 Å². The van der Waals surface area contributed by atoms with Crippen LogP contribution in [0.1, 0.15) is 5.56 Å². The second-order valence-electron chi connectivity index (χ2n) is 6.05. The standard InChI is InChI=1S/C18H15P.C8H4F.Au/c1-4-10-16(11-5-1)19(17-12-6-2-7-13-17)18-14-8-3-9-15-18;1-2-7-3-5-8(9)6-4-7;/h1-15H;3-6H;. The van der Waals surface area contributed by atoms with Crippen LogP contribution in [0.5, 0.6) is 0 Å². The van der Waals surface area contributed by atoms with E-state index in [4.69, 9.17) is 0 Å². The molecule has 4 rings (SSSR count). The van der Waals surface area contributed by atoms with Crippen molar-refractivity contribution in [3.05, 3.63) is 127 Å². The van der Waals surface area contributed by atoms with E-state index in [-0.39, 0.29) is 5.82 Å². The Labute approximate surface area is 185 Å². The van der Waals surface area contributed by atoms with Gasteiger partial charge in [0.25, 0.3) is 0 Å². The summed E-state index contributed by atoms with van der Waals surface area (Å²) in [6, 6.07) is 38.4. The molecule has 29 heavy (non-hydrogen) atoms.